The van der Waals surface area contributed by atoms with Crippen molar-refractivity contribution in [3.05, 3.63) is 17.0 Å². The molecule has 0 spiro atoms. The molecule has 1 aliphatic heterocycles. The van der Waals surface area contributed by atoms with Gasteiger partial charge in [-0.05, 0) is 44.6 Å². The van der Waals surface area contributed by atoms with Crippen LogP contribution in [-0.4, -0.2) is 34.9 Å². The van der Waals surface area contributed by atoms with E-state index in [-0.39, 0.29) is 17.9 Å². The van der Waals surface area contributed by atoms with Crippen molar-refractivity contribution >= 4 is 5.91 Å². The monoisotopic (exact) mass is 307 g/mol. The van der Waals surface area contributed by atoms with Crippen LogP contribution in [0.5, 0.6) is 0 Å². The molecule has 5 heteroatoms. The van der Waals surface area contributed by atoms with E-state index in [1.807, 2.05) is 18.7 Å². The number of nitrogens with zero attached hydrogens (tertiary/aromatic N) is 2. The van der Waals surface area contributed by atoms with Crippen LogP contribution in [0.1, 0.15) is 43.6 Å². The van der Waals surface area contributed by atoms with E-state index in [4.69, 9.17) is 4.74 Å². The lowest BCUT2D eigenvalue weighted by Gasteiger charge is -2.33. The van der Waals surface area contributed by atoms with Crippen molar-refractivity contribution in [2.24, 2.45) is 18.9 Å². The molecule has 5 nitrogen and oxygen atoms in total. The van der Waals surface area contributed by atoms with E-state index in [1.54, 1.807) is 0 Å². The highest BCUT2D eigenvalue weighted by atomic mass is 16.5. The van der Waals surface area contributed by atoms with Crippen molar-refractivity contribution in [3.63, 3.8) is 0 Å². The summed E-state index contributed by atoms with van der Waals surface area (Å²) in [6.45, 7) is 9.78. The molecule has 1 amide bonds. The first-order valence-electron chi connectivity index (χ1n) is 8.30. The zero-order valence-corrected chi connectivity index (χ0v) is 14.5. The van der Waals surface area contributed by atoms with Crippen LogP contribution in [0.2, 0.25) is 0 Å². The normalized spacial score (nSPS) is 22.1. The van der Waals surface area contributed by atoms with E-state index in [1.165, 1.54) is 11.3 Å². The molecular formula is C17H29N3O2. The summed E-state index contributed by atoms with van der Waals surface area (Å²) in [5.41, 5.74) is 3.46. The van der Waals surface area contributed by atoms with Crippen LogP contribution < -0.4 is 5.32 Å². The van der Waals surface area contributed by atoms with E-state index >= 15 is 0 Å². The number of ether oxygens (including phenoxy) is 1. The average Bonchev–Trinajstić information content (AvgIpc) is 2.73. The molecule has 1 N–H and O–H groups in total. The lowest BCUT2D eigenvalue weighted by atomic mass is 9.87. The fourth-order valence-corrected chi connectivity index (χ4v) is 3.36. The summed E-state index contributed by atoms with van der Waals surface area (Å²) in [7, 11) is 1.96. The zero-order valence-electron chi connectivity index (χ0n) is 14.5. The van der Waals surface area contributed by atoms with Gasteiger partial charge in [0.05, 0.1) is 17.7 Å². The van der Waals surface area contributed by atoms with Gasteiger partial charge in [-0.1, -0.05) is 13.8 Å². The minimum absolute atomic E-state index is 0.00941. The summed E-state index contributed by atoms with van der Waals surface area (Å²) < 4.78 is 7.70. The standard InChI is InChI=1S/C17H29N3O2/c1-11(2)16-15(7-6-10-22-16)17(21)18-9-8-14-12(3)19-20(5)13(14)4/h11,15-16H,6-10H2,1-5H3,(H,18,21)/t15-,16-/m0/s1. The highest BCUT2D eigenvalue weighted by Gasteiger charge is 2.33. The van der Waals surface area contributed by atoms with Crippen molar-refractivity contribution in [2.75, 3.05) is 13.2 Å². The van der Waals surface area contributed by atoms with E-state index in [2.05, 4.69) is 31.2 Å². The first kappa shape index (κ1) is 17.0. The number of aromatic nitrogens is 2. The second-order valence-corrected chi connectivity index (χ2v) is 6.64. The van der Waals surface area contributed by atoms with Gasteiger partial charge in [0.25, 0.3) is 0 Å². The van der Waals surface area contributed by atoms with Gasteiger partial charge in [0.15, 0.2) is 0 Å². The number of aryl methyl sites for hydroxylation is 2. The Bertz CT molecular complexity index is 522. The van der Waals surface area contributed by atoms with Gasteiger partial charge in [-0.2, -0.15) is 5.10 Å². The summed E-state index contributed by atoms with van der Waals surface area (Å²) in [6, 6.07) is 0. The van der Waals surface area contributed by atoms with Crippen LogP contribution in [0.3, 0.4) is 0 Å². The van der Waals surface area contributed by atoms with E-state index in [0.29, 0.717) is 12.5 Å². The maximum Gasteiger partial charge on any atom is 0.225 e. The number of amides is 1. The van der Waals surface area contributed by atoms with E-state index in [0.717, 1.165) is 31.6 Å². The summed E-state index contributed by atoms with van der Waals surface area (Å²) in [6.07, 6.45) is 2.79. The Morgan fingerprint density at radius 3 is 2.77 bits per heavy atom. The smallest absolute Gasteiger partial charge is 0.225 e. The Labute approximate surface area is 133 Å². The number of hydrogen-bond acceptors (Lipinski definition) is 3. The van der Waals surface area contributed by atoms with Gasteiger partial charge < -0.3 is 10.1 Å². The Morgan fingerprint density at radius 2 is 2.18 bits per heavy atom. The summed E-state index contributed by atoms with van der Waals surface area (Å²) in [4.78, 5) is 12.5. The van der Waals surface area contributed by atoms with Crippen LogP contribution >= 0.6 is 0 Å². The van der Waals surface area contributed by atoms with Crippen molar-refractivity contribution < 1.29 is 9.53 Å². The highest BCUT2D eigenvalue weighted by Crippen LogP contribution is 2.26. The fraction of sp³-hybridized carbons (Fsp3) is 0.765. The first-order valence-corrected chi connectivity index (χ1v) is 8.30. The highest BCUT2D eigenvalue weighted by molar-refractivity contribution is 5.79. The molecule has 2 heterocycles. The Balaban J connectivity index is 1.89. The Morgan fingerprint density at radius 1 is 1.45 bits per heavy atom. The molecule has 22 heavy (non-hydrogen) atoms. The topological polar surface area (TPSA) is 56.2 Å². The lowest BCUT2D eigenvalue weighted by molar-refractivity contribution is -0.137. The maximum absolute atomic E-state index is 12.5. The van der Waals surface area contributed by atoms with Gasteiger partial charge in [0.2, 0.25) is 5.91 Å². The first-order chi connectivity index (χ1) is 10.4. The third kappa shape index (κ3) is 3.69. The Hall–Kier alpha value is -1.36. The predicted molar refractivity (Wildman–Crippen MR) is 86.7 cm³/mol. The molecule has 1 saturated heterocycles. The number of carbonyl (C=O) groups is 1. The number of rotatable bonds is 5. The zero-order chi connectivity index (χ0) is 16.3. The fourth-order valence-electron chi connectivity index (χ4n) is 3.36. The minimum atomic E-state index is -0.00941. The SMILES string of the molecule is Cc1nn(C)c(C)c1CCNC(=O)[C@H]1CCCO[C@H]1C(C)C. The van der Waals surface area contributed by atoms with Crippen molar-refractivity contribution in [1.29, 1.82) is 0 Å². The van der Waals surface area contributed by atoms with Crippen LogP contribution in [0.25, 0.3) is 0 Å². The third-order valence-electron chi connectivity index (χ3n) is 4.69. The molecule has 0 bridgehead atoms. The van der Waals surface area contributed by atoms with Gasteiger partial charge in [-0.25, -0.2) is 0 Å². The molecule has 2 atom stereocenters. The number of hydrogen-bond donors (Lipinski definition) is 1. The molecule has 0 unspecified atom stereocenters. The summed E-state index contributed by atoms with van der Waals surface area (Å²) >= 11 is 0. The third-order valence-corrected chi connectivity index (χ3v) is 4.69. The minimum Gasteiger partial charge on any atom is -0.377 e. The largest absolute Gasteiger partial charge is 0.377 e. The van der Waals surface area contributed by atoms with Crippen LogP contribution in [0.15, 0.2) is 0 Å². The van der Waals surface area contributed by atoms with E-state index < -0.39 is 0 Å². The predicted octanol–water partition coefficient (Wildman–Crippen LogP) is 2.15. The van der Waals surface area contributed by atoms with Crippen LogP contribution in [-0.2, 0) is 23.0 Å². The molecular weight excluding hydrogens is 278 g/mol. The maximum atomic E-state index is 12.5. The number of nitrogens with one attached hydrogen (secondary N) is 1. The lowest BCUT2D eigenvalue weighted by Crippen LogP contribution is -2.44. The molecule has 0 aromatic carbocycles. The number of carbonyl (C=O) groups excluding carboxylic acids is 1. The van der Waals surface area contributed by atoms with Crippen molar-refractivity contribution in [3.8, 4) is 0 Å². The Kier molecular flexibility index (Phi) is 5.62. The average molecular weight is 307 g/mol. The van der Waals surface area contributed by atoms with Gasteiger partial charge in [-0.3, -0.25) is 9.48 Å². The van der Waals surface area contributed by atoms with Gasteiger partial charge in [0.1, 0.15) is 0 Å². The molecule has 1 aromatic heterocycles. The second-order valence-electron chi connectivity index (χ2n) is 6.64. The molecule has 0 radical (unpaired) electrons. The summed E-state index contributed by atoms with van der Waals surface area (Å²) in [5, 5.41) is 7.51. The van der Waals surface area contributed by atoms with Gasteiger partial charge in [0, 0.05) is 25.9 Å². The molecule has 1 aliphatic rings. The van der Waals surface area contributed by atoms with Crippen LogP contribution in [0.4, 0.5) is 0 Å². The van der Waals surface area contributed by atoms with Crippen LogP contribution in [0, 0.1) is 25.7 Å². The van der Waals surface area contributed by atoms with Crippen molar-refractivity contribution in [2.45, 2.75) is 53.1 Å². The van der Waals surface area contributed by atoms with E-state index in [9.17, 15) is 4.79 Å². The molecule has 0 aliphatic carbocycles. The quantitative estimate of drug-likeness (QED) is 0.907. The molecule has 124 valence electrons. The molecule has 1 aromatic rings. The van der Waals surface area contributed by atoms with Crippen molar-refractivity contribution in [1.82, 2.24) is 15.1 Å². The van der Waals surface area contributed by atoms with Gasteiger partial charge >= 0.3 is 0 Å². The van der Waals surface area contributed by atoms with Gasteiger partial charge in [-0.15, -0.1) is 0 Å². The summed E-state index contributed by atoms with van der Waals surface area (Å²) in [5.74, 6) is 0.501. The molecule has 0 saturated carbocycles. The molecule has 2 rings (SSSR count). The molecule has 1 fully saturated rings. The second kappa shape index (κ2) is 7.27.